The molecule has 0 bridgehead atoms. The number of halogens is 1. The minimum absolute atomic E-state index is 0.0798. The van der Waals surface area contributed by atoms with Crippen molar-refractivity contribution in [1.82, 2.24) is 35.4 Å². The van der Waals surface area contributed by atoms with Gasteiger partial charge < -0.3 is 29.7 Å². The Labute approximate surface area is 301 Å². The van der Waals surface area contributed by atoms with Crippen molar-refractivity contribution in [2.45, 2.75) is 45.3 Å². The Balaban J connectivity index is 1.02. The molecule has 0 aliphatic carbocycles. The highest BCUT2D eigenvalue weighted by atomic mass is 19.1. The van der Waals surface area contributed by atoms with E-state index in [0.717, 1.165) is 54.9 Å². The van der Waals surface area contributed by atoms with Gasteiger partial charge in [0.05, 0.1) is 43.4 Å². The number of pyridine rings is 1. The topological polar surface area (TPSA) is 131 Å². The van der Waals surface area contributed by atoms with Gasteiger partial charge in [0.15, 0.2) is 0 Å². The zero-order chi connectivity index (χ0) is 36.1. The lowest BCUT2D eigenvalue weighted by molar-refractivity contribution is -0.157. The molecule has 12 nitrogen and oxygen atoms in total. The van der Waals surface area contributed by atoms with E-state index in [2.05, 4.69) is 20.5 Å². The van der Waals surface area contributed by atoms with E-state index in [1.807, 2.05) is 42.2 Å². The third-order valence-corrected chi connectivity index (χ3v) is 10.8. The second-order valence-electron chi connectivity index (χ2n) is 14.4. The molecule has 4 aliphatic rings. The number of hydrogen-bond acceptors (Lipinski definition) is 10. The summed E-state index contributed by atoms with van der Waals surface area (Å²) in [5, 5.41) is 6.50. The summed E-state index contributed by atoms with van der Waals surface area (Å²) in [5.41, 5.74) is 5.90. The second-order valence-corrected chi connectivity index (χ2v) is 14.4. The maximum absolute atomic E-state index is 16.5. The Morgan fingerprint density at radius 2 is 1.73 bits per heavy atom. The van der Waals surface area contributed by atoms with Crippen LogP contribution < -0.4 is 24.8 Å². The first kappa shape index (κ1) is 34.0. The lowest BCUT2D eigenvalue weighted by atomic mass is 9.73. The highest BCUT2D eigenvalue weighted by Gasteiger charge is 2.52. The molecule has 2 atom stereocenters. The van der Waals surface area contributed by atoms with Gasteiger partial charge in [-0.05, 0) is 30.5 Å². The van der Waals surface area contributed by atoms with Crippen LogP contribution in [-0.4, -0.2) is 96.2 Å². The Kier molecular flexibility index (Phi) is 8.78. The van der Waals surface area contributed by atoms with Gasteiger partial charge in [0.1, 0.15) is 23.9 Å². The SMILES string of the molecule is COc1nc(-c2cccc(-c3cccc(-c4cc5c(c(OC)n4)C(NCC4CCC(=O)N4)CO5)c3C)c2F)cnc1CN1CC2(C1)CN(C(C)=O)C2. The Hall–Kier alpha value is -5.14. The summed E-state index contributed by atoms with van der Waals surface area (Å²) in [6, 6.07) is 12.9. The van der Waals surface area contributed by atoms with Crippen molar-refractivity contribution >= 4 is 11.8 Å². The molecule has 3 saturated heterocycles. The fourth-order valence-electron chi connectivity index (χ4n) is 8.13. The van der Waals surface area contributed by atoms with Crippen LogP contribution in [0.2, 0.25) is 0 Å². The molecule has 2 amide bonds. The van der Waals surface area contributed by atoms with E-state index in [9.17, 15) is 9.59 Å². The van der Waals surface area contributed by atoms with Crippen LogP contribution in [0.25, 0.3) is 33.6 Å². The van der Waals surface area contributed by atoms with Crippen LogP contribution in [0, 0.1) is 18.2 Å². The number of ether oxygens (including phenoxy) is 3. The fraction of sp³-hybridized carbons (Fsp3) is 0.410. The third-order valence-electron chi connectivity index (χ3n) is 10.8. The van der Waals surface area contributed by atoms with E-state index in [0.29, 0.717) is 71.8 Å². The summed E-state index contributed by atoms with van der Waals surface area (Å²) >= 11 is 0. The van der Waals surface area contributed by atoms with E-state index in [1.54, 1.807) is 39.5 Å². The van der Waals surface area contributed by atoms with Crippen molar-refractivity contribution < 1.29 is 28.2 Å². The van der Waals surface area contributed by atoms with Gasteiger partial charge in [0.2, 0.25) is 23.6 Å². The summed E-state index contributed by atoms with van der Waals surface area (Å²) < 4.78 is 34.0. The predicted molar refractivity (Wildman–Crippen MR) is 191 cm³/mol. The van der Waals surface area contributed by atoms with Gasteiger partial charge in [-0.1, -0.05) is 30.3 Å². The number of carbonyl (C=O) groups excluding carboxylic acids is 2. The second kappa shape index (κ2) is 13.4. The number of rotatable bonds is 10. The molecule has 4 aliphatic heterocycles. The Morgan fingerprint density at radius 1 is 1.02 bits per heavy atom. The van der Waals surface area contributed by atoms with Gasteiger partial charge >= 0.3 is 0 Å². The number of hydrogen-bond donors (Lipinski definition) is 2. The van der Waals surface area contributed by atoms with E-state index in [1.165, 1.54) is 0 Å². The standard InChI is InChI=1S/C39H42FN7O5/c1-22-25(7-5-8-26(22)29-13-33-35(38(44-29)51-4)32(17-52-33)41-14-24-11-12-34(49)43-24)27-9-6-10-28(36(27)40)30-15-42-31(37(45-30)50-3)16-46-18-39(19-46)20-47(21-39)23(2)48/h5-10,13,15,24,32,41H,11-12,14,16-21H2,1-4H3,(H,43,49). The number of fused-ring (bicyclic) bond motifs is 1. The number of benzene rings is 2. The van der Waals surface area contributed by atoms with Gasteiger partial charge in [0.25, 0.3) is 0 Å². The molecule has 1 spiro atoms. The molecule has 2 aromatic carbocycles. The predicted octanol–water partition coefficient (Wildman–Crippen LogP) is 4.30. The normalized spacial score (nSPS) is 20.2. The molecule has 52 heavy (non-hydrogen) atoms. The number of carbonyl (C=O) groups is 2. The van der Waals surface area contributed by atoms with Crippen LogP contribution in [0.1, 0.15) is 42.6 Å². The zero-order valence-corrected chi connectivity index (χ0v) is 29.8. The summed E-state index contributed by atoms with van der Waals surface area (Å²) in [4.78, 5) is 41.7. The Morgan fingerprint density at radius 3 is 2.44 bits per heavy atom. The third kappa shape index (κ3) is 6.11. The van der Waals surface area contributed by atoms with E-state index in [-0.39, 0.29) is 29.3 Å². The van der Waals surface area contributed by atoms with Crippen LogP contribution in [0.15, 0.2) is 48.7 Å². The number of likely N-dealkylation sites (tertiary alicyclic amines) is 2. The molecule has 3 fully saturated rings. The first-order chi connectivity index (χ1) is 25.1. The minimum Gasteiger partial charge on any atom is -0.491 e. The monoisotopic (exact) mass is 707 g/mol. The van der Waals surface area contributed by atoms with Crippen LogP contribution in [0.5, 0.6) is 17.5 Å². The molecule has 2 aromatic heterocycles. The van der Waals surface area contributed by atoms with Crippen LogP contribution in [0.3, 0.4) is 0 Å². The minimum atomic E-state index is -0.410. The molecule has 0 saturated carbocycles. The molecule has 13 heteroatoms. The quantitative estimate of drug-likeness (QED) is 0.246. The van der Waals surface area contributed by atoms with Crippen molar-refractivity contribution in [2.75, 3.05) is 53.6 Å². The van der Waals surface area contributed by atoms with E-state index < -0.39 is 5.82 Å². The number of nitrogens with zero attached hydrogens (tertiary/aromatic N) is 5. The summed E-state index contributed by atoms with van der Waals surface area (Å²) in [6.45, 7) is 8.55. The molecular weight excluding hydrogens is 665 g/mol. The first-order valence-corrected chi connectivity index (χ1v) is 17.7. The maximum atomic E-state index is 16.5. The van der Waals surface area contributed by atoms with Crippen LogP contribution in [-0.2, 0) is 16.1 Å². The van der Waals surface area contributed by atoms with Gasteiger partial charge in [-0.15, -0.1) is 0 Å². The molecule has 2 unspecified atom stereocenters. The number of nitrogens with one attached hydrogen (secondary N) is 2. The lowest BCUT2D eigenvalue weighted by Crippen LogP contribution is -2.72. The maximum Gasteiger partial charge on any atom is 0.237 e. The molecule has 0 radical (unpaired) electrons. The molecule has 4 aromatic rings. The van der Waals surface area contributed by atoms with Gasteiger partial charge in [-0.3, -0.25) is 19.5 Å². The molecule has 8 rings (SSSR count). The van der Waals surface area contributed by atoms with Crippen LogP contribution in [0.4, 0.5) is 4.39 Å². The lowest BCUT2D eigenvalue weighted by Gasteiger charge is -2.60. The highest BCUT2D eigenvalue weighted by Crippen LogP contribution is 2.43. The van der Waals surface area contributed by atoms with Gasteiger partial charge in [-0.25, -0.2) is 14.4 Å². The van der Waals surface area contributed by atoms with Gasteiger partial charge in [-0.2, -0.15) is 0 Å². The molecule has 2 N–H and O–H groups in total. The number of methoxy groups -OCH3 is 2. The summed E-state index contributed by atoms with van der Waals surface area (Å²) in [6.07, 6.45) is 2.95. The van der Waals surface area contributed by atoms with E-state index in [4.69, 9.17) is 24.2 Å². The van der Waals surface area contributed by atoms with Gasteiger partial charge in [0, 0.05) is 86.8 Å². The van der Waals surface area contributed by atoms with Crippen molar-refractivity contribution in [2.24, 2.45) is 5.41 Å². The smallest absolute Gasteiger partial charge is 0.237 e. The summed E-state index contributed by atoms with van der Waals surface area (Å²) in [7, 11) is 3.14. The van der Waals surface area contributed by atoms with Crippen molar-refractivity contribution in [1.29, 1.82) is 0 Å². The average Bonchev–Trinajstić information content (AvgIpc) is 3.73. The summed E-state index contributed by atoms with van der Waals surface area (Å²) in [5.74, 6) is 1.29. The zero-order valence-electron chi connectivity index (χ0n) is 29.8. The molecule has 270 valence electrons. The van der Waals surface area contributed by atoms with Crippen molar-refractivity contribution in [3.8, 4) is 51.2 Å². The highest BCUT2D eigenvalue weighted by molar-refractivity contribution is 5.81. The molecule has 6 heterocycles. The number of aromatic nitrogens is 3. The average molecular weight is 708 g/mol. The van der Waals surface area contributed by atoms with Crippen molar-refractivity contribution in [3.63, 3.8) is 0 Å². The number of amides is 2. The molecular formula is C39H42FN7O5. The fourth-order valence-corrected chi connectivity index (χ4v) is 8.13. The van der Waals surface area contributed by atoms with Crippen molar-refractivity contribution in [3.05, 3.63) is 71.3 Å². The Bertz CT molecular complexity index is 2060. The largest absolute Gasteiger partial charge is 0.491 e. The van der Waals surface area contributed by atoms with Crippen LogP contribution >= 0.6 is 0 Å². The first-order valence-electron chi connectivity index (χ1n) is 17.7. The van der Waals surface area contributed by atoms with E-state index >= 15 is 4.39 Å².